The molecule has 0 radical (unpaired) electrons. The molecule has 0 aliphatic carbocycles. The van der Waals surface area contributed by atoms with Gasteiger partial charge in [-0.3, -0.25) is 10.1 Å². The molecule has 1 N–H and O–H groups in total. The lowest BCUT2D eigenvalue weighted by molar-refractivity contribution is -0.120. The Kier molecular flexibility index (Phi) is 4.06. The van der Waals surface area contributed by atoms with Gasteiger partial charge in [0.1, 0.15) is 6.61 Å². The quantitative estimate of drug-likeness (QED) is 0.708. The molecule has 1 amide bonds. The van der Waals surface area contributed by atoms with Crippen LogP contribution >= 0.6 is 0 Å². The molecule has 78 valence electrons. The molecule has 6 nitrogen and oxygen atoms in total. The Morgan fingerprint density at radius 1 is 1.57 bits per heavy atom. The van der Waals surface area contributed by atoms with Gasteiger partial charge in [0, 0.05) is 13.5 Å². The van der Waals surface area contributed by atoms with Crippen LogP contribution in [0.3, 0.4) is 0 Å². The van der Waals surface area contributed by atoms with Crippen molar-refractivity contribution in [3.05, 3.63) is 5.89 Å². The van der Waals surface area contributed by atoms with E-state index in [4.69, 9.17) is 9.15 Å². The van der Waals surface area contributed by atoms with Crippen molar-refractivity contribution in [2.24, 2.45) is 0 Å². The van der Waals surface area contributed by atoms with E-state index in [1.54, 1.807) is 6.92 Å². The molecular weight excluding hydrogens is 186 g/mol. The number of anilines is 1. The van der Waals surface area contributed by atoms with E-state index in [9.17, 15) is 4.79 Å². The van der Waals surface area contributed by atoms with Crippen molar-refractivity contribution in [3.63, 3.8) is 0 Å². The number of ether oxygens (including phenoxy) is 1. The van der Waals surface area contributed by atoms with Crippen LogP contribution in [0.1, 0.15) is 19.2 Å². The first kappa shape index (κ1) is 10.6. The molecule has 1 rings (SSSR count). The number of nitrogens with zero attached hydrogens (tertiary/aromatic N) is 2. The van der Waals surface area contributed by atoms with Crippen LogP contribution in [0.4, 0.5) is 6.01 Å². The largest absolute Gasteiger partial charge is 0.408 e. The van der Waals surface area contributed by atoms with Gasteiger partial charge in [-0.05, 0) is 6.42 Å². The predicted octanol–water partition coefficient (Wildman–Crippen LogP) is 0.743. The minimum atomic E-state index is -0.290. The average molecular weight is 199 g/mol. The van der Waals surface area contributed by atoms with E-state index in [-0.39, 0.29) is 18.5 Å². The maximum Gasteiger partial charge on any atom is 0.322 e. The summed E-state index contributed by atoms with van der Waals surface area (Å²) in [6.07, 6.45) is 0.882. The van der Waals surface area contributed by atoms with Crippen molar-refractivity contribution in [1.82, 2.24) is 10.2 Å². The van der Waals surface area contributed by atoms with Gasteiger partial charge in [0.05, 0.1) is 0 Å². The van der Waals surface area contributed by atoms with E-state index in [0.29, 0.717) is 12.5 Å². The molecule has 0 fully saturated rings. The number of carbonyl (C=O) groups excluding carboxylic acids is 1. The topological polar surface area (TPSA) is 77.2 Å². The third kappa shape index (κ3) is 3.53. The highest BCUT2D eigenvalue weighted by Crippen LogP contribution is 2.02. The number of aryl methyl sites for hydroxylation is 1. The summed E-state index contributed by atoms with van der Waals surface area (Å²) in [5.41, 5.74) is 0. The molecular formula is C8H13N3O3. The van der Waals surface area contributed by atoms with Gasteiger partial charge in [-0.25, -0.2) is 0 Å². The molecule has 1 aromatic rings. The van der Waals surface area contributed by atoms with Crippen LogP contribution in [0.25, 0.3) is 0 Å². The highest BCUT2D eigenvalue weighted by Gasteiger charge is 2.06. The number of rotatable bonds is 5. The number of carbonyl (C=O) groups is 1. The van der Waals surface area contributed by atoms with Gasteiger partial charge in [0.2, 0.25) is 5.89 Å². The molecule has 0 aliphatic rings. The lowest BCUT2D eigenvalue weighted by atomic mass is 10.5. The zero-order chi connectivity index (χ0) is 10.4. The maximum atomic E-state index is 11.1. The number of aromatic nitrogens is 2. The second-order valence-corrected chi connectivity index (χ2v) is 2.73. The fourth-order valence-electron chi connectivity index (χ4n) is 0.812. The summed E-state index contributed by atoms with van der Waals surface area (Å²) in [4.78, 5) is 11.1. The molecule has 0 aliphatic heterocycles. The third-order valence-electron chi connectivity index (χ3n) is 1.35. The molecule has 1 heterocycles. The lowest BCUT2D eigenvalue weighted by Gasteiger charge is -2.00. The molecule has 0 atom stereocenters. The molecule has 0 bridgehead atoms. The Labute approximate surface area is 81.6 Å². The fourth-order valence-corrected chi connectivity index (χ4v) is 0.812. The Bertz CT molecular complexity index is 298. The van der Waals surface area contributed by atoms with Crippen LogP contribution in [0.5, 0.6) is 0 Å². The normalized spacial score (nSPS) is 10.1. The zero-order valence-electron chi connectivity index (χ0n) is 8.24. The standard InChI is InChI=1S/C8H13N3O3/c1-3-4-13-5-7(12)9-8-11-10-6(2)14-8/h3-5H2,1-2H3,(H,9,11,12). The Hall–Kier alpha value is -1.43. The van der Waals surface area contributed by atoms with Gasteiger partial charge < -0.3 is 9.15 Å². The highest BCUT2D eigenvalue weighted by molar-refractivity contribution is 5.89. The first-order valence-corrected chi connectivity index (χ1v) is 4.40. The number of hydrogen-bond donors (Lipinski definition) is 1. The summed E-state index contributed by atoms with van der Waals surface area (Å²) in [5.74, 6) is 0.122. The summed E-state index contributed by atoms with van der Waals surface area (Å²) in [6.45, 7) is 4.20. The van der Waals surface area contributed by atoms with E-state index in [1.165, 1.54) is 0 Å². The molecule has 1 aromatic heterocycles. The molecule has 0 saturated heterocycles. The summed E-state index contributed by atoms with van der Waals surface area (Å²) in [6, 6.07) is 0.104. The van der Waals surface area contributed by atoms with Gasteiger partial charge >= 0.3 is 6.01 Å². The van der Waals surface area contributed by atoms with Crippen LogP contribution < -0.4 is 5.32 Å². The zero-order valence-corrected chi connectivity index (χ0v) is 8.24. The smallest absolute Gasteiger partial charge is 0.322 e. The van der Waals surface area contributed by atoms with E-state index < -0.39 is 0 Å². The Balaban J connectivity index is 2.27. The van der Waals surface area contributed by atoms with Gasteiger partial charge in [-0.2, -0.15) is 0 Å². The van der Waals surface area contributed by atoms with Crippen LogP contribution in [-0.4, -0.2) is 29.3 Å². The summed E-state index contributed by atoms with van der Waals surface area (Å²) >= 11 is 0. The Morgan fingerprint density at radius 3 is 2.93 bits per heavy atom. The van der Waals surface area contributed by atoms with E-state index in [0.717, 1.165) is 6.42 Å². The second kappa shape index (κ2) is 5.33. The number of nitrogens with one attached hydrogen (secondary N) is 1. The minimum absolute atomic E-state index is 0.00919. The average Bonchev–Trinajstić information content (AvgIpc) is 2.52. The second-order valence-electron chi connectivity index (χ2n) is 2.73. The van der Waals surface area contributed by atoms with Crippen molar-refractivity contribution in [1.29, 1.82) is 0 Å². The first-order chi connectivity index (χ1) is 6.72. The summed E-state index contributed by atoms with van der Waals surface area (Å²) in [7, 11) is 0. The summed E-state index contributed by atoms with van der Waals surface area (Å²) in [5, 5.41) is 9.59. The molecule has 0 saturated carbocycles. The van der Waals surface area contributed by atoms with Crippen molar-refractivity contribution in [2.75, 3.05) is 18.5 Å². The summed E-state index contributed by atoms with van der Waals surface area (Å²) < 4.78 is 9.97. The lowest BCUT2D eigenvalue weighted by Crippen LogP contribution is -2.18. The van der Waals surface area contributed by atoms with Gasteiger partial charge in [0.25, 0.3) is 5.91 Å². The van der Waals surface area contributed by atoms with Gasteiger partial charge in [-0.15, -0.1) is 5.10 Å². The SMILES string of the molecule is CCCOCC(=O)Nc1nnc(C)o1. The van der Waals surface area contributed by atoms with Crippen molar-refractivity contribution >= 4 is 11.9 Å². The molecule has 14 heavy (non-hydrogen) atoms. The van der Waals surface area contributed by atoms with Crippen LogP contribution in [0.15, 0.2) is 4.42 Å². The molecule has 0 spiro atoms. The van der Waals surface area contributed by atoms with Crippen LogP contribution in [0, 0.1) is 6.92 Å². The van der Waals surface area contributed by atoms with Crippen molar-refractivity contribution in [3.8, 4) is 0 Å². The van der Waals surface area contributed by atoms with Crippen LogP contribution in [-0.2, 0) is 9.53 Å². The maximum absolute atomic E-state index is 11.1. The minimum Gasteiger partial charge on any atom is -0.408 e. The van der Waals surface area contributed by atoms with E-state index >= 15 is 0 Å². The molecule has 6 heteroatoms. The van der Waals surface area contributed by atoms with Crippen molar-refractivity contribution in [2.45, 2.75) is 20.3 Å². The highest BCUT2D eigenvalue weighted by atomic mass is 16.5. The molecule has 0 unspecified atom stereocenters. The predicted molar refractivity (Wildman–Crippen MR) is 48.8 cm³/mol. The monoisotopic (exact) mass is 199 g/mol. The van der Waals surface area contributed by atoms with Gasteiger partial charge in [0.15, 0.2) is 0 Å². The third-order valence-corrected chi connectivity index (χ3v) is 1.35. The van der Waals surface area contributed by atoms with Crippen LogP contribution in [0.2, 0.25) is 0 Å². The Morgan fingerprint density at radius 2 is 2.36 bits per heavy atom. The van der Waals surface area contributed by atoms with E-state index in [2.05, 4.69) is 15.5 Å². The number of amides is 1. The number of hydrogen-bond acceptors (Lipinski definition) is 5. The van der Waals surface area contributed by atoms with Crippen molar-refractivity contribution < 1.29 is 13.9 Å². The fraction of sp³-hybridized carbons (Fsp3) is 0.625. The first-order valence-electron chi connectivity index (χ1n) is 4.40. The van der Waals surface area contributed by atoms with E-state index in [1.807, 2.05) is 6.92 Å². The van der Waals surface area contributed by atoms with Gasteiger partial charge in [-0.1, -0.05) is 12.0 Å². The molecule has 0 aromatic carbocycles.